The fourth-order valence-electron chi connectivity index (χ4n) is 2.18. The van der Waals surface area contributed by atoms with Crippen molar-refractivity contribution in [3.8, 4) is 11.5 Å². The quantitative estimate of drug-likeness (QED) is 0.712. The molecule has 0 saturated carbocycles. The summed E-state index contributed by atoms with van der Waals surface area (Å²) in [6.45, 7) is 0. The topological polar surface area (TPSA) is 46.5 Å². The number of ether oxygens (including phenoxy) is 1. The first-order chi connectivity index (χ1) is 10.6. The van der Waals surface area contributed by atoms with Crippen LogP contribution in [0.3, 0.4) is 0 Å². The Labute approximate surface area is 129 Å². The van der Waals surface area contributed by atoms with Crippen molar-refractivity contribution in [3.05, 3.63) is 59.9 Å². The van der Waals surface area contributed by atoms with Gasteiger partial charge in [-0.05, 0) is 49.1 Å². The first-order valence-corrected chi connectivity index (χ1v) is 7.38. The van der Waals surface area contributed by atoms with E-state index in [1.54, 1.807) is 18.2 Å². The molecule has 2 aromatic carbocycles. The third-order valence-electron chi connectivity index (χ3n) is 3.32. The van der Waals surface area contributed by atoms with E-state index in [-0.39, 0.29) is 18.0 Å². The fraction of sp³-hybridized carbons (Fsp3) is 0.278. The van der Waals surface area contributed by atoms with Gasteiger partial charge in [0.25, 0.3) is 0 Å². The predicted octanol–water partition coefficient (Wildman–Crippen LogP) is 4.81. The van der Waals surface area contributed by atoms with Crippen molar-refractivity contribution in [2.24, 2.45) is 0 Å². The van der Waals surface area contributed by atoms with Crippen LogP contribution in [-0.2, 0) is 11.2 Å². The Balaban J connectivity index is 1.85. The molecule has 0 spiro atoms. The van der Waals surface area contributed by atoms with Crippen LogP contribution in [0.4, 0.5) is 4.39 Å². The summed E-state index contributed by atoms with van der Waals surface area (Å²) < 4.78 is 19.5. The molecule has 4 heteroatoms. The van der Waals surface area contributed by atoms with Crippen molar-refractivity contribution in [1.82, 2.24) is 0 Å². The normalized spacial score (nSPS) is 10.4. The van der Waals surface area contributed by atoms with Gasteiger partial charge in [-0.2, -0.15) is 0 Å². The van der Waals surface area contributed by atoms with Crippen molar-refractivity contribution in [2.45, 2.75) is 32.1 Å². The van der Waals surface area contributed by atoms with Gasteiger partial charge in [0.15, 0.2) is 11.6 Å². The zero-order valence-corrected chi connectivity index (χ0v) is 12.3. The summed E-state index contributed by atoms with van der Waals surface area (Å²) in [5.74, 6) is -0.344. The second kappa shape index (κ2) is 8.17. The van der Waals surface area contributed by atoms with Crippen LogP contribution in [0.1, 0.15) is 31.2 Å². The number of halogens is 1. The summed E-state index contributed by atoms with van der Waals surface area (Å²) in [7, 11) is 0. The lowest BCUT2D eigenvalue weighted by atomic mass is 10.1. The van der Waals surface area contributed by atoms with E-state index >= 15 is 0 Å². The minimum Gasteiger partial charge on any atom is -0.481 e. The van der Waals surface area contributed by atoms with Gasteiger partial charge in [0.2, 0.25) is 0 Å². The summed E-state index contributed by atoms with van der Waals surface area (Å²) in [6, 6.07) is 14.0. The average molecular weight is 302 g/mol. The zero-order valence-electron chi connectivity index (χ0n) is 12.3. The van der Waals surface area contributed by atoms with E-state index in [9.17, 15) is 9.18 Å². The lowest BCUT2D eigenvalue weighted by Crippen LogP contribution is -1.95. The number of carboxylic acids is 1. The molecule has 0 aliphatic carbocycles. The standard InChI is InChI=1S/C18H19FO3/c19-16-13-14(7-3-1-6-10-18(20)21)11-12-17(16)22-15-8-4-2-5-9-15/h2,4-5,8-9,11-13H,1,3,6-7,10H2,(H,20,21). The van der Waals surface area contributed by atoms with Crippen LogP contribution in [-0.4, -0.2) is 11.1 Å². The van der Waals surface area contributed by atoms with Crippen LogP contribution in [0.15, 0.2) is 48.5 Å². The van der Waals surface area contributed by atoms with E-state index in [4.69, 9.17) is 9.84 Å². The lowest BCUT2D eigenvalue weighted by Gasteiger charge is -2.08. The second-order valence-corrected chi connectivity index (χ2v) is 5.13. The van der Waals surface area contributed by atoms with Gasteiger partial charge in [-0.3, -0.25) is 4.79 Å². The molecule has 0 aromatic heterocycles. The number of hydrogen-bond donors (Lipinski definition) is 1. The van der Waals surface area contributed by atoms with Gasteiger partial charge in [0.1, 0.15) is 5.75 Å². The van der Waals surface area contributed by atoms with E-state index < -0.39 is 5.97 Å². The van der Waals surface area contributed by atoms with Gasteiger partial charge in [0.05, 0.1) is 0 Å². The van der Waals surface area contributed by atoms with E-state index in [1.165, 1.54) is 6.07 Å². The highest BCUT2D eigenvalue weighted by Gasteiger charge is 2.06. The summed E-state index contributed by atoms with van der Waals surface area (Å²) in [5.41, 5.74) is 0.897. The molecule has 0 saturated heterocycles. The Hall–Kier alpha value is -2.36. The maximum Gasteiger partial charge on any atom is 0.303 e. The largest absolute Gasteiger partial charge is 0.481 e. The molecule has 116 valence electrons. The Morgan fingerprint density at radius 3 is 2.50 bits per heavy atom. The van der Waals surface area contributed by atoms with E-state index in [0.717, 1.165) is 24.8 Å². The number of unbranched alkanes of at least 4 members (excludes halogenated alkanes) is 2. The second-order valence-electron chi connectivity index (χ2n) is 5.13. The molecule has 0 atom stereocenters. The number of carboxylic acid groups (broad SMARTS) is 1. The SMILES string of the molecule is O=C(O)CCCCCc1ccc(Oc2ccccc2)c(F)c1. The van der Waals surface area contributed by atoms with Crippen molar-refractivity contribution < 1.29 is 19.0 Å². The molecule has 0 aliphatic rings. The molecule has 0 fully saturated rings. The minimum absolute atomic E-state index is 0.193. The maximum absolute atomic E-state index is 14.0. The molecule has 3 nitrogen and oxygen atoms in total. The van der Waals surface area contributed by atoms with Gasteiger partial charge in [-0.1, -0.05) is 30.7 Å². The number of rotatable bonds is 8. The molecule has 22 heavy (non-hydrogen) atoms. The highest BCUT2D eigenvalue weighted by Crippen LogP contribution is 2.25. The van der Waals surface area contributed by atoms with Crippen LogP contribution >= 0.6 is 0 Å². The summed E-state index contributed by atoms with van der Waals surface area (Å²) >= 11 is 0. The Morgan fingerprint density at radius 1 is 1.05 bits per heavy atom. The summed E-state index contributed by atoms with van der Waals surface area (Å²) in [4.78, 5) is 10.4. The Morgan fingerprint density at radius 2 is 1.82 bits per heavy atom. The van der Waals surface area contributed by atoms with Gasteiger partial charge in [-0.15, -0.1) is 0 Å². The van der Waals surface area contributed by atoms with Crippen molar-refractivity contribution in [2.75, 3.05) is 0 Å². The maximum atomic E-state index is 14.0. The number of carbonyl (C=O) groups is 1. The molecule has 0 amide bonds. The third kappa shape index (κ3) is 5.20. The molecule has 0 aliphatic heterocycles. The first-order valence-electron chi connectivity index (χ1n) is 7.38. The molecule has 0 bridgehead atoms. The van der Waals surface area contributed by atoms with Crippen LogP contribution in [0.25, 0.3) is 0 Å². The van der Waals surface area contributed by atoms with Crippen LogP contribution in [0, 0.1) is 5.82 Å². The van der Waals surface area contributed by atoms with Gasteiger partial charge >= 0.3 is 5.97 Å². The van der Waals surface area contributed by atoms with Crippen molar-refractivity contribution >= 4 is 5.97 Å². The highest BCUT2D eigenvalue weighted by atomic mass is 19.1. The Bertz CT molecular complexity index is 611. The first kappa shape index (κ1) is 16.0. The van der Waals surface area contributed by atoms with Crippen LogP contribution in [0.2, 0.25) is 0 Å². The number of para-hydroxylation sites is 1. The van der Waals surface area contributed by atoms with Crippen molar-refractivity contribution in [3.63, 3.8) is 0 Å². The van der Waals surface area contributed by atoms with Gasteiger partial charge in [0, 0.05) is 6.42 Å². The van der Waals surface area contributed by atoms with Crippen LogP contribution < -0.4 is 4.74 Å². The molecule has 2 aromatic rings. The smallest absolute Gasteiger partial charge is 0.303 e. The number of aliphatic carboxylic acids is 1. The summed E-state index contributed by atoms with van der Waals surface area (Å²) in [5, 5.41) is 8.55. The van der Waals surface area contributed by atoms with Crippen LogP contribution in [0.5, 0.6) is 11.5 Å². The van der Waals surface area contributed by atoms with Crippen molar-refractivity contribution in [1.29, 1.82) is 0 Å². The third-order valence-corrected chi connectivity index (χ3v) is 3.32. The molecule has 0 radical (unpaired) electrons. The minimum atomic E-state index is -0.770. The van der Waals surface area contributed by atoms with E-state index in [1.807, 2.05) is 24.3 Å². The number of aryl methyl sites for hydroxylation is 1. The van der Waals surface area contributed by atoms with Gasteiger partial charge < -0.3 is 9.84 Å². The Kier molecular flexibility index (Phi) is 5.95. The summed E-state index contributed by atoms with van der Waals surface area (Å²) in [6.07, 6.45) is 3.27. The molecule has 0 heterocycles. The predicted molar refractivity (Wildman–Crippen MR) is 82.7 cm³/mol. The average Bonchev–Trinajstić information content (AvgIpc) is 2.50. The van der Waals surface area contributed by atoms with E-state index in [2.05, 4.69) is 0 Å². The number of hydrogen-bond acceptors (Lipinski definition) is 2. The molecule has 1 N–H and O–H groups in total. The lowest BCUT2D eigenvalue weighted by molar-refractivity contribution is -0.137. The molecular weight excluding hydrogens is 283 g/mol. The molecule has 0 unspecified atom stereocenters. The fourth-order valence-corrected chi connectivity index (χ4v) is 2.18. The highest BCUT2D eigenvalue weighted by molar-refractivity contribution is 5.66. The number of benzene rings is 2. The van der Waals surface area contributed by atoms with E-state index in [0.29, 0.717) is 12.2 Å². The molecule has 2 rings (SSSR count). The molecular formula is C18H19FO3. The monoisotopic (exact) mass is 302 g/mol. The van der Waals surface area contributed by atoms with Gasteiger partial charge in [-0.25, -0.2) is 4.39 Å². The zero-order chi connectivity index (χ0) is 15.8.